The Morgan fingerprint density at radius 2 is 1.56 bits per heavy atom. The molecule has 0 saturated carbocycles. The van der Waals surface area contributed by atoms with Gasteiger partial charge in [-0.05, 0) is 78.1 Å². The van der Waals surface area contributed by atoms with Gasteiger partial charge in [0.1, 0.15) is 0 Å². The van der Waals surface area contributed by atoms with Crippen molar-refractivity contribution in [1.82, 2.24) is 0 Å². The molecule has 0 amide bonds. The van der Waals surface area contributed by atoms with Gasteiger partial charge in [-0.2, -0.15) is 0 Å². The van der Waals surface area contributed by atoms with Crippen molar-refractivity contribution in [3.05, 3.63) is 63.7 Å². The van der Waals surface area contributed by atoms with Gasteiger partial charge in [0.15, 0.2) is 0 Å². The highest BCUT2D eigenvalue weighted by Gasteiger charge is 2.44. The van der Waals surface area contributed by atoms with E-state index < -0.39 is 0 Å². The fourth-order valence-corrected chi connectivity index (χ4v) is 5.41. The van der Waals surface area contributed by atoms with Gasteiger partial charge in [-0.3, -0.25) is 0 Å². The SMILES string of the molecule is CCCCCCCCC12CC=Cc3c(C)ccc(c31)-c1cc(C)c(C)cc12. The number of hydrogen-bond donors (Lipinski definition) is 0. The molecule has 0 saturated heterocycles. The average molecular weight is 359 g/mol. The number of fused-ring (bicyclic) bond motifs is 3. The first-order valence-electron chi connectivity index (χ1n) is 11.0. The largest absolute Gasteiger partial charge is 0.0827 e. The fourth-order valence-electron chi connectivity index (χ4n) is 5.41. The number of allylic oxidation sites excluding steroid dienone is 1. The molecular weight excluding hydrogens is 324 g/mol. The van der Waals surface area contributed by atoms with Crippen molar-refractivity contribution in [2.24, 2.45) is 0 Å². The van der Waals surface area contributed by atoms with Crippen LogP contribution in [0.15, 0.2) is 30.3 Å². The van der Waals surface area contributed by atoms with Crippen molar-refractivity contribution in [1.29, 1.82) is 0 Å². The maximum absolute atomic E-state index is 2.51. The van der Waals surface area contributed by atoms with Gasteiger partial charge < -0.3 is 0 Å². The molecule has 27 heavy (non-hydrogen) atoms. The first kappa shape index (κ1) is 18.5. The lowest BCUT2D eigenvalue weighted by molar-refractivity contribution is 0.447. The molecule has 2 aromatic carbocycles. The van der Waals surface area contributed by atoms with Crippen LogP contribution < -0.4 is 0 Å². The summed E-state index contributed by atoms with van der Waals surface area (Å²) in [6, 6.07) is 9.69. The summed E-state index contributed by atoms with van der Waals surface area (Å²) >= 11 is 0. The van der Waals surface area contributed by atoms with Gasteiger partial charge in [0, 0.05) is 5.41 Å². The summed E-state index contributed by atoms with van der Waals surface area (Å²) in [7, 11) is 0. The lowest BCUT2D eigenvalue weighted by atomic mass is 9.67. The van der Waals surface area contributed by atoms with Crippen LogP contribution in [-0.2, 0) is 5.41 Å². The second-order valence-electron chi connectivity index (χ2n) is 8.91. The highest BCUT2D eigenvalue weighted by molar-refractivity contribution is 5.87. The van der Waals surface area contributed by atoms with E-state index in [1.807, 2.05) is 0 Å². The third-order valence-electron chi connectivity index (χ3n) is 7.09. The van der Waals surface area contributed by atoms with Gasteiger partial charge in [0.05, 0.1) is 0 Å². The maximum atomic E-state index is 2.51. The number of hydrogen-bond acceptors (Lipinski definition) is 0. The monoisotopic (exact) mass is 358 g/mol. The molecule has 0 fully saturated rings. The van der Waals surface area contributed by atoms with Crippen LogP contribution in [-0.4, -0.2) is 0 Å². The van der Waals surface area contributed by atoms with E-state index in [2.05, 4.69) is 64.1 Å². The molecule has 2 aliphatic carbocycles. The zero-order valence-corrected chi connectivity index (χ0v) is 17.6. The zero-order valence-electron chi connectivity index (χ0n) is 17.6. The summed E-state index contributed by atoms with van der Waals surface area (Å²) in [5.74, 6) is 0. The molecule has 1 unspecified atom stereocenters. The molecule has 142 valence electrons. The van der Waals surface area contributed by atoms with E-state index in [-0.39, 0.29) is 5.41 Å². The molecule has 0 heterocycles. The number of unbranched alkanes of at least 4 members (excludes halogenated alkanes) is 5. The maximum Gasteiger partial charge on any atom is 0.0255 e. The van der Waals surface area contributed by atoms with E-state index in [9.17, 15) is 0 Å². The molecule has 4 rings (SSSR count). The van der Waals surface area contributed by atoms with Crippen molar-refractivity contribution in [2.45, 2.75) is 84.5 Å². The quantitative estimate of drug-likeness (QED) is 0.439. The van der Waals surface area contributed by atoms with Crippen molar-refractivity contribution in [3.8, 4) is 11.1 Å². The van der Waals surface area contributed by atoms with Crippen LogP contribution in [0.25, 0.3) is 17.2 Å². The first-order chi connectivity index (χ1) is 13.1. The predicted molar refractivity (Wildman–Crippen MR) is 119 cm³/mol. The summed E-state index contributed by atoms with van der Waals surface area (Å²) < 4.78 is 0. The number of rotatable bonds is 7. The van der Waals surface area contributed by atoms with Crippen LogP contribution in [0.4, 0.5) is 0 Å². The Labute approximate surface area is 165 Å². The standard InChI is InChI=1S/C27H34/c1-5-6-7-8-9-10-15-27-16-11-12-22-19(2)13-14-23(26(22)27)24-17-20(3)21(4)18-25(24)27/h11-14,17-18H,5-10,15-16H2,1-4H3. The van der Waals surface area contributed by atoms with Crippen LogP contribution in [0.2, 0.25) is 0 Å². The Kier molecular flexibility index (Phi) is 5.01. The molecule has 0 aliphatic heterocycles. The summed E-state index contributed by atoms with van der Waals surface area (Å²) in [5.41, 5.74) is 12.2. The zero-order chi connectivity index (χ0) is 19.0. The fraction of sp³-hybridized carbons (Fsp3) is 0.481. The second kappa shape index (κ2) is 7.30. The van der Waals surface area contributed by atoms with Crippen LogP contribution >= 0.6 is 0 Å². The Balaban J connectivity index is 1.75. The minimum Gasteiger partial charge on any atom is -0.0827 e. The lowest BCUT2D eigenvalue weighted by Crippen LogP contribution is -2.27. The molecule has 0 nitrogen and oxygen atoms in total. The minimum atomic E-state index is 0.212. The highest BCUT2D eigenvalue weighted by Crippen LogP contribution is 2.57. The summed E-state index contributed by atoms with van der Waals surface area (Å²) in [6.45, 7) is 9.12. The first-order valence-corrected chi connectivity index (χ1v) is 11.0. The Morgan fingerprint density at radius 1 is 0.815 bits per heavy atom. The number of aryl methyl sites for hydroxylation is 3. The van der Waals surface area contributed by atoms with Gasteiger partial charge in [-0.1, -0.05) is 81.9 Å². The minimum absolute atomic E-state index is 0.212. The van der Waals surface area contributed by atoms with Gasteiger partial charge in [-0.15, -0.1) is 0 Å². The van der Waals surface area contributed by atoms with E-state index in [0.29, 0.717) is 0 Å². The lowest BCUT2D eigenvalue weighted by Gasteiger charge is -2.35. The topological polar surface area (TPSA) is 0 Å². The van der Waals surface area contributed by atoms with Crippen molar-refractivity contribution in [2.75, 3.05) is 0 Å². The Morgan fingerprint density at radius 3 is 2.37 bits per heavy atom. The van der Waals surface area contributed by atoms with Crippen molar-refractivity contribution >= 4 is 6.08 Å². The number of benzene rings is 2. The smallest absolute Gasteiger partial charge is 0.0255 e. The van der Waals surface area contributed by atoms with Gasteiger partial charge in [0.2, 0.25) is 0 Å². The molecule has 0 bridgehead atoms. The molecule has 0 heteroatoms. The third-order valence-corrected chi connectivity index (χ3v) is 7.09. The molecule has 0 radical (unpaired) electrons. The molecule has 0 N–H and O–H groups in total. The van der Waals surface area contributed by atoms with Gasteiger partial charge in [0.25, 0.3) is 0 Å². The van der Waals surface area contributed by atoms with E-state index in [1.54, 1.807) is 11.1 Å². The second-order valence-corrected chi connectivity index (χ2v) is 8.91. The van der Waals surface area contributed by atoms with E-state index >= 15 is 0 Å². The van der Waals surface area contributed by atoms with E-state index in [0.717, 1.165) is 0 Å². The summed E-state index contributed by atoms with van der Waals surface area (Å²) in [4.78, 5) is 0. The van der Waals surface area contributed by atoms with E-state index in [1.165, 1.54) is 84.7 Å². The van der Waals surface area contributed by atoms with Crippen molar-refractivity contribution < 1.29 is 0 Å². The highest BCUT2D eigenvalue weighted by atomic mass is 14.5. The van der Waals surface area contributed by atoms with Crippen LogP contribution in [0.5, 0.6) is 0 Å². The summed E-state index contributed by atoms with van der Waals surface area (Å²) in [5, 5.41) is 0. The van der Waals surface area contributed by atoms with Crippen molar-refractivity contribution in [3.63, 3.8) is 0 Å². The van der Waals surface area contributed by atoms with Gasteiger partial charge >= 0.3 is 0 Å². The third kappa shape index (κ3) is 2.98. The van der Waals surface area contributed by atoms with Crippen LogP contribution in [0.1, 0.15) is 91.7 Å². The molecule has 2 aromatic rings. The Hall–Kier alpha value is -1.82. The molecule has 0 aromatic heterocycles. The van der Waals surface area contributed by atoms with Gasteiger partial charge in [-0.25, -0.2) is 0 Å². The normalized spacial score (nSPS) is 19.3. The van der Waals surface area contributed by atoms with Crippen LogP contribution in [0.3, 0.4) is 0 Å². The van der Waals surface area contributed by atoms with Crippen LogP contribution in [0, 0.1) is 20.8 Å². The Bertz CT molecular complexity index is 883. The molecular formula is C27H34. The van der Waals surface area contributed by atoms with E-state index in [4.69, 9.17) is 0 Å². The predicted octanol–water partition coefficient (Wildman–Crippen LogP) is 8.05. The molecule has 1 atom stereocenters. The average Bonchev–Trinajstić information content (AvgIpc) is 2.92. The summed E-state index contributed by atoms with van der Waals surface area (Å²) in [6.07, 6.45) is 15.5. The molecule has 0 spiro atoms. The molecule has 2 aliphatic rings.